The standard InChI is InChI=1S/C16H13ClN2O2/c1-11-7-8-13(17)14(9-11)20-10-15-18-16(21-19-15)12-5-3-2-4-6-12/h2-9H,10H2,1H3. The minimum absolute atomic E-state index is 0.208. The van der Waals surface area contributed by atoms with E-state index in [0.29, 0.717) is 22.5 Å². The molecule has 4 nitrogen and oxygen atoms in total. The summed E-state index contributed by atoms with van der Waals surface area (Å²) in [6.45, 7) is 2.19. The first-order valence-electron chi connectivity index (χ1n) is 6.49. The van der Waals surface area contributed by atoms with Gasteiger partial charge in [-0.15, -0.1) is 0 Å². The Morgan fingerprint density at radius 1 is 1.14 bits per heavy atom. The van der Waals surface area contributed by atoms with Crippen molar-refractivity contribution in [1.29, 1.82) is 0 Å². The first-order chi connectivity index (χ1) is 10.2. The van der Waals surface area contributed by atoms with Crippen LogP contribution in [0.3, 0.4) is 0 Å². The van der Waals surface area contributed by atoms with Crippen LogP contribution in [0.2, 0.25) is 5.02 Å². The summed E-state index contributed by atoms with van der Waals surface area (Å²) in [4.78, 5) is 4.30. The molecule has 0 radical (unpaired) electrons. The lowest BCUT2D eigenvalue weighted by Gasteiger charge is -2.06. The number of nitrogens with zero attached hydrogens (tertiary/aromatic N) is 2. The molecule has 3 rings (SSSR count). The summed E-state index contributed by atoms with van der Waals surface area (Å²) in [5, 5.41) is 4.47. The molecule has 0 amide bonds. The third-order valence-electron chi connectivity index (χ3n) is 2.93. The first kappa shape index (κ1) is 13.6. The summed E-state index contributed by atoms with van der Waals surface area (Å²) in [5.74, 6) is 1.57. The largest absolute Gasteiger partial charge is 0.484 e. The molecule has 3 aromatic rings. The molecule has 0 saturated heterocycles. The fourth-order valence-electron chi connectivity index (χ4n) is 1.87. The van der Waals surface area contributed by atoms with Crippen LogP contribution in [0.1, 0.15) is 11.4 Å². The average molecular weight is 301 g/mol. The van der Waals surface area contributed by atoms with Gasteiger partial charge >= 0.3 is 0 Å². The SMILES string of the molecule is Cc1ccc(Cl)c(OCc2noc(-c3ccccc3)n2)c1. The van der Waals surface area contributed by atoms with Crippen molar-refractivity contribution >= 4 is 11.6 Å². The number of hydrogen-bond donors (Lipinski definition) is 0. The second-order valence-corrected chi connectivity index (χ2v) is 5.01. The van der Waals surface area contributed by atoms with E-state index in [-0.39, 0.29) is 6.61 Å². The van der Waals surface area contributed by atoms with Crippen LogP contribution in [0.5, 0.6) is 5.75 Å². The molecule has 0 aliphatic carbocycles. The summed E-state index contributed by atoms with van der Waals surface area (Å²) in [7, 11) is 0. The maximum atomic E-state index is 6.07. The second-order valence-electron chi connectivity index (χ2n) is 4.60. The molecular formula is C16H13ClN2O2. The van der Waals surface area contributed by atoms with Crippen LogP contribution in [-0.2, 0) is 6.61 Å². The van der Waals surface area contributed by atoms with E-state index in [0.717, 1.165) is 11.1 Å². The third kappa shape index (κ3) is 3.23. The molecule has 0 atom stereocenters. The molecule has 0 aliphatic heterocycles. The molecule has 0 saturated carbocycles. The van der Waals surface area contributed by atoms with Gasteiger partial charge in [-0.05, 0) is 36.8 Å². The quantitative estimate of drug-likeness (QED) is 0.721. The summed E-state index contributed by atoms with van der Waals surface area (Å²) in [6.07, 6.45) is 0. The lowest BCUT2D eigenvalue weighted by molar-refractivity contribution is 0.287. The van der Waals surface area contributed by atoms with E-state index in [2.05, 4.69) is 10.1 Å². The topological polar surface area (TPSA) is 48.2 Å². The number of ether oxygens (including phenoxy) is 1. The van der Waals surface area contributed by atoms with E-state index >= 15 is 0 Å². The zero-order valence-corrected chi connectivity index (χ0v) is 12.2. The Hall–Kier alpha value is -2.33. The Labute approximate surface area is 127 Å². The molecule has 0 N–H and O–H groups in total. The zero-order chi connectivity index (χ0) is 14.7. The fourth-order valence-corrected chi connectivity index (χ4v) is 2.05. The van der Waals surface area contributed by atoms with Crippen molar-refractivity contribution in [2.45, 2.75) is 13.5 Å². The van der Waals surface area contributed by atoms with Gasteiger partial charge in [-0.2, -0.15) is 4.98 Å². The van der Waals surface area contributed by atoms with Gasteiger partial charge in [0.15, 0.2) is 6.61 Å². The van der Waals surface area contributed by atoms with Crippen LogP contribution in [0, 0.1) is 6.92 Å². The Bertz CT molecular complexity index is 741. The van der Waals surface area contributed by atoms with Gasteiger partial charge < -0.3 is 9.26 Å². The van der Waals surface area contributed by atoms with E-state index in [1.165, 1.54) is 0 Å². The van der Waals surface area contributed by atoms with Crippen molar-refractivity contribution in [2.75, 3.05) is 0 Å². The number of benzene rings is 2. The summed E-state index contributed by atoms with van der Waals surface area (Å²) >= 11 is 6.07. The maximum absolute atomic E-state index is 6.07. The minimum atomic E-state index is 0.208. The molecule has 0 aliphatic rings. The number of hydrogen-bond acceptors (Lipinski definition) is 4. The van der Waals surface area contributed by atoms with Gasteiger partial charge in [-0.3, -0.25) is 0 Å². The van der Waals surface area contributed by atoms with Crippen molar-refractivity contribution < 1.29 is 9.26 Å². The van der Waals surface area contributed by atoms with E-state index < -0.39 is 0 Å². The van der Waals surface area contributed by atoms with Crippen molar-refractivity contribution in [3.63, 3.8) is 0 Å². The van der Waals surface area contributed by atoms with Crippen LogP contribution < -0.4 is 4.74 Å². The number of aromatic nitrogens is 2. The van der Waals surface area contributed by atoms with Crippen LogP contribution in [-0.4, -0.2) is 10.1 Å². The number of halogens is 1. The average Bonchev–Trinajstić information content (AvgIpc) is 2.98. The van der Waals surface area contributed by atoms with Crippen LogP contribution in [0.15, 0.2) is 53.1 Å². The van der Waals surface area contributed by atoms with Crippen molar-refractivity contribution in [3.05, 3.63) is 64.9 Å². The van der Waals surface area contributed by atoms with Crippen LogP contribution >= 0.6 is 11.6 Å². The monoisotopic (exact) mass is 300 g/mol. The van der Waals surface area contributed by atoms with Gasteiger partial charge in [0.25, 0.3) is 5.89 Å². The second kappa shape index (κ2) is 5.97. The van der Waals surface area contributed by atoms with Gasteiger partial charge in [0.05, 0.1) is 5.02 Å². The van der Waals surface area contributed by atoms with Gasteiger partial charge in [-0.1, -0.05) is 41.0 Å². The summed E-state index contributed by atoms with van der Waals surface area (Å²) in [6, 6.07) is 15.2. The highest BCUT2D eigenvalue weighted by Crippen LogP contribution is 2.26. The molecule has 5 heteroatoms. The maximum Gasteiger partial charge on any atom is 0.258 e. The Balaban J connectivity index is 1.72. The lowest BCUT2D eigenvalue weighted by atomic mass is 10.2. The molecule has 1 aromatic heterocycles. The molecule has 0 fully saturated rings. The molecule has 0 bridgehead atoms. The molecule has 1 heterocycles. The molecule has 21 heavy (non-hydrogen) atoms. The van der Waals surface area contributed by atoms with Crippen LogP contribution in [0.25, 0.3) is 11.5 Å². The van der Waals surface area contributed by atoms with E-state index in [9.17, 15) is 0 Å². The molecule has 0 spiro atoms. The summed E-state index contributed by atoms with van der Waals surface area (Å²) in [5.41, 5.74) is 1.96. The minimum Gasteiger partial charge on any atom is -0.484 e. The molecular weight excluding hydrogens is 288 g/mol. The smallest absolute Gasteiger partial charge is 0.258 e. The van der Waals surface area contributed by atoms with E-state index in [1.54, 1.807) is 6.07 Å². The lowest BCUT2D eigenvalue weighted by Crippen LogP contribution is -1.98. The van der Waals surface area contributed by atoms with Crippen molar-refractivity contribution in [3.8, 4) is 17.2 Å². The van der Waals surface area contributed by atoms with Crippen LogP contribution in [0.4, 0.5) is 0 Å². The predicted octanol–water partition coefficient (Wildman–Crippen LogP) is 4.28. The Kier molecular flexibility index (Phi) is 3.88. The van der Waals surface area contributed by atoms with Crippen molar-refractivity contribution in [1.82, 2.24) is 10.1 Å². The highest BCUT2D eigenvalue weighted by Gasteiger charge is 2.10. The number of aryl methyl sites for hydroxylation is 1. The fraction of sp³-hybridized carbons (Fsp3) is 0.125. The molecule has 2 aromatic carbocycles. The molecule has 106 valence electrons. The Morgan fingerprint density at radius 2 is 1.95 bits per heavy atom. The highest BCUT2D eigenvalue weighted by atomic mass is 35.5. The highest BCUT2D eigenvalue weighted by molar-refractivity contribution is 6.32. The van der Waals surface area contributed by atoms with Gasteiger partial charge in [0, 0.05) is 5.56 Å². The van der Waals surface area contributed by atoms with Gasteiger partial charge in [0.2, 0.25) is 5.82 Å². The van der Waals surface area contributed by atoms with Gasteiger partial charge in [0.1, 0.15) is 5.75 Å². The normalized spacial score (nSPS) is 10.6. The predicted molar refractivity (Wildman–Crippen MR) is 80.3 cm³/mol. The van der Waals surface area contributed by atoms with E-state index in [4.69, 9.17) is 20.9 Å². The molecule has 0 unspecified atom stereocenters. The Morgan fingerprint density at radius 3 is 2.76 bits per heavy atom. The summed E-state index contributed by atoms with van der Waals surface area (Å²) < 4.78 is 10.9. The zero-order valence-electron chi connectivity index (χ0n) is 11.4. The van der Waals surface area contributed by atoms with E-state index in [1.807, 2.05) is 49.4 Å². The third-order valence-corrected chi connectivity index (χ3v) is 3.24. The van der Waals surface area contributed by atoms with Gasteiger partial charge in [-0.25, -0.2) is 0 Å². The first-order valence-corrected chi connectivity index (χ1v) is 6.87. The van der Waals surface area contributed by atoms with Crippen molar-refractivity contribution in [2.24, 2.45) is 0 Å². The number of rotatable bonds is 4.